The molecule has 0 N–H and O–H groups in total. The number of hydrogen-bond acceptors (Lipinski definition) is 2. The second kappa shape index (κ2) is 4.69. The molecule has 1 rings (SSSR count). The van der Waals surface area contributed by atoms with E-state index in [-0.39, 0.29) is 0 Å². The normalized spacial score (nSPS) is 9.55. The average Bonchev–Trinajstić information content (AvgIpc) is 2.07. The first kappa shape index (κ1) is 8.97. The Morgan fingerprint density at radius 2 is 2.00 bits per heavy atom. The van der Waals surface area contributed by atoms with Crippen molar-refractivity contribution in [3.05, 3.63) is 35.9 Å². The smallest absolute Gasteiger partial charge is 0.0775 e. The van der Waals surface area contributed by atoms with Crippen LogP contribution < -0.4 is 0 Å². The molecule has 0 aliphatic rings. The number of rotatable bonds is 2. The molecule has 0 heterocycles. The lowest BCUT2D eigenvalue weighted by molar-refractivity contribution is 1.69. The van der Waals surface area contributed by atoms with E-state index in [4.69, 9.17) is 12.2 Å². The van der Waals surface area contributed by atoms with E-state index < -0.39 is 0 Å². The molecular weight excluding hydrogens is 188 g/mol. The largest absolute Gasteiger partial charge is 0.118 e. The molecule has 0 aliphatic carbocycles. The summed E-state index contributed by atoms with van der Waals surface area (Å²) in [6.07, 6.45) is 0. The molecule has 55 valence electrons. The predicted molar refractivity (Wildman–Crippen MR) is 56.4 cm³/mol. The maximum atomic E-state index is 5.15. The Labute approximate surface area is 79.8 Å². The summed E-state index contributed by atoms with van der Waals surface area (Å²) in [4.78, 5) is 0. The van der Waals surface area contributed by atoms with E-state index >= 15 is 0 Å². The van der Waals surface area contributed by atoms with Gasteiger partial charge in [0.2, 0.25) is 0 Å². The minimum Gasteiger partial charge on any atom is -0.118 e. The van der Waals surface area contributed by atoms with Crippen LogP contribution in [0.1, 0.15) is 5.56 Å². The Morgan fingerprint density at radius 1 is 1.36 bits per heavy atom. The Bertz CT molecular complexity index is 233. The van der Waals surface area contributed by atoms with E-state index in [1.54, 1.807) is 11.8 Å². The highest BCUT2D eigenvalue weighted by Crippen LogP contribution is 2.11. The lowest BCUT2D eigenvalue weighted by Gasteiger charge is -1.99. The predicted octanol–water partition coefficient (Wildman–Crippen LogP) is 2.22. The monoisotopic (exact) mass is 195 g/mol. The zero-order valence-corrected chi connectivity index (χ0v) is 8.54. The first-order valence-corrected chi connectivity index (χ1v) is 5.31. The van der Waals surface area contributed by atoms with Gasteiger partial charge < -0.3 is 0 Å². The third kappa shape index (κ3) is 2.77. The quantitative estimate of drug-likeness (QED) is 0.524. The van der Waals surface area contributed by atoms with Gasteiger partial charge in [-0.05, 0) is 10.9 Å². The van der Waals surface area contributed by atoms with Gasteiger partial charge in [0, 0.05) is 10.2 Å². The molecule has 0 bridgehead atoms. The van der Waals surface area contributed by atoms with E-state index in [1.165, 1.54) is 0 Å². The fourth-order valence-corrected chi connectivity index (χ4v) is 2.22. The molecular formula is C8H7S2Si. The van der Waals surface area contributed by atoms with E-state index in [0.29, 0.717) is 0 Å². The van der Waals surface area contributed by atoms with E-state index in [0.717, 1.165) is 15.1 Å². The summed E-state index contributed by atoms with van der Waals surface area (Å²) in [5, 5.41) is 0.855. The lowest BCUT2D eigenvalue weighted by atomic mass is 10.2. The summed E-state index contributed by atoms with van der Waals surface area (Å²) in [7, 11) is 3.37. The summed E-state index contributed by atoms with van der Waals surface area (Å²) in [5.41, 5.74) is 1.13. The zero-order chi connectivity index (χ0) is 8.10. The fraction of sp³-hybridized carbons (Fsp3) is 0.125. The molecule has 0 fully saturated rings. The van der Waals surface area contributed by atoms with Crippen LogP contribution in [-0.2, 0) is 0 Å². The van der Waals surface area contributed by atoms with Crippen LogP contribution in [0, 0.1) is 0 Å². The van der Waals surface area contributed by atoms with Crippen LogP contribution in [0.2, 0.25) is 0 Å². The maximum Gasteiger partial charge on any atom is 0.0775 e. The second-order valence-corrected chi connectivity index (χ2v) is 4.46. The first-order valence-electron chi connectivity index (χ1n) is 3.21. The Kier molecular flexibility index (Phi) is 3.83. The van der Waals surface area contributed by atoms with Crippen molar-refractivity contribution in [2.24, 2.45) is 0 Å². The molecule has 3 heteroatoms. The highest BCUT2D eigenvalue weighted by atomic mass is 32.2. The van der Waals surface area contributed by atoms with Crippen LogP contribution in [-0.4, -0.2) is 19.8 Å². The molecule has 0 amide bonds. The van der Waals surface area contributed by atoms with Crippen molar-refractivity contribution < 1.29 is 0 Å². The number of hydrogen-bond donors (Lipinski definition) is 0. The van der Waals surface area contributed by atoms with Gasteiger partial charge >= 0.3 is 0 Å². The molecule has 11 heavy (non-hydrogen) atoms. The molecule has 0 spiro atoms. The summed E-state index contributed by atoms with van der Waals surface area (Å²) >= 11 is 6.78. The molecule has 1 aromatic rings. The van der Waals surface area contributed by atoms with Crippen molar-refractivity contribution >= 4 is 38.4 Å². The Hall–Kier alpha value is -0.123. The van der Waals surface area contributed by atoms with Gasteiger partial charge in [-0.15, -0.1) is 11.8 Å². The topological polar surface area (TPSA) is 0 Å². The molecule has 0 nitrogen and oxygen atoms in total. The van der Waals surface area contributed by atoms with Crippen molar-refractivity contribution in [1.29, 1.82) is 0 Å². The van der Waals surface area contributed by atoms with Gasteiger partial charge in [0.05, 0.1) is 4.20 Å². The Balaban J connectivity index is 2.69. The minimum atomic E-state index is 0.855. The molecule has 0 aliphatic heterocycles. The second-order valence-electron chi connectivity index (χ2n) is 1.94. The molecule has 0 atom stereocenters. The van der Waals surface area contributed by atoms with Gasteiger partial charge in [-0.25, -0.2) is 0 Å². The number of benzene rings is 1. The van der Waals surface area contributed by atoms with Gasteiger partial charge in [-0.3, -0.25) is 0 Å². The molecule has 1 aromatic carbocycles. The molecule has 3 radical (unpaired) electrons. The Morgan fingerprint density at radius 3 is 2.55 bits per heavy atom. The lowest BCUT2D eigenvalue weighted by Crippen LogP contribution is -1.91. The highest BCUT2D eigenvalue weighted by molar-refractivity contribution is 8.24. The number of thiocarbonyl (C=S) groups is 1. The van der Waals surface area contributed by atoms with Crippen molar-refractivity contribution in [2.75, 3.05) is 5.38 Å². The summed E-state index contributed by atoms with van der Waals surface area (Å²) in [6.45, 7) is 0. The van der Waals surface area contributed by atoms with Gasteiger partial charge in [0.1, 0.15) is 0 Å². The third-order valence-corrected chi connectivity index (χ3v) is 2.88. The van der Waals surface area contributed by atoms with Crippen molar-refractivity contribution in [3.63, 3.8) is 0 Å². The zero-order valence-electron chi connectivity index (χ0n) is 5.91. The van der Waals surface area contributed by atoms with Gasteiger partial charge in [-0.2, -0.15) is 0 Å². The van der Waals surface area contributed by atoms with Crippen LogP contribution in [0.3, 0.4) is 0 Å². The number of thioether (sulfide) groups is 1. The first-order chi connectivity index (χ1) is 5.34. The molecule has 0 unspecified atom stereocenters. The summed E-state index contributed by atoms with van der Waals surface area (Å²) < 4.78 is 0.945. The standard InChI is InChI=1S/C8H7S2Si/c9-8(10-6-11)7-4-2-1-3-5-7/h1-5H,6H2. The molecule has 0 aromatic heterocycles. The minimum absolute atomic E-state index is 0.855. The average molecular weight is 195 g/mol. The van der Waals surface area contributed by atoms with Crippen LogP contribution in [0.15, 0.2) is 30.3 Å². The van der Waals surface area contributed by atoms with Crippen molar-refractivity contribution in [3.8, 4) is 0 Å². The summed E-state index contributed by atoms with van der Waals surface area (Å²) in [6, 6.07) is 10.0. The van der Waals surface area contributed by atoms with Crippen molar-refractivity contribution in [2.45, 2.75) is 0 Å². The third-order valence-electron chi connectivity index (χ3n) is 1.21. The molecule has 0 saturated heterocycles. The van der Waals surface area contributed by atoms with Gasteiger partial charge in [-0.1, -0.05) is 42.5 Å². The van der Waals surface area contributed by atoms with Crippen LogP contribution in [0.5, 0.6) is 0 Å². The van der Waals surface area contributed by atoms with Gasteiger partial charge in [0.25, 0.3) is 0 Å². The van der Waals surface area contributed by atoms with Crippen LogP contribution in [0.4, 0.5) is 0 Å². The van der Waals surface area contributed by atoms with E-state index in [2.05, 4.69) is 10.2 Å². The van der Waals surface area contributed by atoms with E-state index in [9.17, 15) is 0 Å². The molecule has 0 saturated carbocycles. The van der Waals surface area contributed by atoms with Crippen LogP contribution >= 0.6 is 24.0 Å². The van der Waals surface area contributed by atoms with Gasteiger partial charge in [0.15, 0.2) is 0 Å². The SMILES string of the molecule is [Si]CSC(=S)c1ccccc1. The fourth-order valence-electron chi connectivity index (χ4n) is 0.723. The van der Waals surface area contributed by atoms with E-state index in [1.807, 2.05) is 30.3 Å². The van der Waals surface area contributed by atoms with Crippen molar-refractivity contribution in [1.82, 2.24) is 0 Å². The maximum absolute atomic E-state index is 5.15. The summed E-state index contributed by atoms with van der Waals surface area (Å²) in [5.74, 6) is 0. The van der Waals surface area contributed by atoms with Crippen LogP contribution in [0.25, 0.3) is 0 Å². The highest BCUT2D eigenvalue weighted by Gasteiger charge is 1.97.